The third-order valence-corrected chi connectivity index (χ3v) is 9.15. The number of thiophene rings is 1. The Morgan fingerprint density at radius 3 is 2.65 bits per heavy atom. The van der Waals surface area contributed by atoms with Crippen LogP contribution in [0, 0.1) is 5.82 Å². The zero-order valence-corrected chi connectivity index (χ0v) is 21.1. The van der Waals surface area contributed by atoms with E-state index in [2.05, 4.69) is 6.58 Å². The number of carbonyl (C=O) groups is 1. The fourth-order valence-corrected chi connectivity index (χ4v) is 7.04. The first-order chi connectivity index (χ1) is 16.2. The van der Waals surface area contributed by atoms with Gasteiger partial charge in [0.1, 0.15) is 10.7 Å². The van der Waals surface area contributed by atoms with Crippen LogP contribution >= 0.6 is 34.5 Å². The van der Waals surface area contributed by atoms with Crippen molar-refractivity contribution >= 4 is 50.5 Å². The summed E-state index contributed by atoms with van der Waals surface area (Å²) in [5.41, 5.74) is 1.72. The highest BCUT2D eigenvalue weighted by atomic mass is 35.5. The molecule has 10 heteroatoms. The Hall–Kier alpha value is -2.23. The lowest BCUT2D eigenvalue weighted by Gasteiger charge is -2.37. The van der Waals surface area contributed by atoms with Gasteiger partial charge in [-0.2, -0.15) is 4.31 Å². The number of fused-ring (bicyclic) bond motifs is 1. The number of hydrogen-bond acceptors (Lipinski definition) is 4. The van der Waals surface area contributed by atoms with Gasteiger partial charge in [0.05, 0.1) is 17.6 Å². The molecule has 1 amide bonds. The van der Waals surface area contributed by atoms with Gasteiger partial charge in [-0.25, -0.2) is 12.8 Å². The highest BCUT2D eigenvalue weighted by molar-refractivity contribution is 7.89. The smallest absolute Gasteiger partial charge is 0.245 e. The number of halogens is 3. The lowest BCUT2D eigenvalue weighted by Crippen LogP contribution is -2.46. The molecule has 0 N–H and O–H groups in total. The molecule has 0 spiro atoms. The molecule has 1 aliphatic heterocycles. The predicted octanol–water partition coefficient (Wildman–Crippen LogP) is 5.55. The first-order valence-electron chi connectivity index (χ1n) is 10.4. The summed E-state index contributed by atoms with van der Waals surface area (Å²) in [5, 5.41) is 2.19. The summed E-state index contributed by atoms with van der Waals surface area (Å²) in [7, 11) is -4.14. The molecule has 2 heterocycles. The second-order valence-electron chi connectivity index (χ2n) is 7.75. The van der Waals surface area contributed by atoms with E-state index in [0.29, 0.717) is 13.0 Å². The molecule has 3 aromatic rings. The Kier molecular flexibility index (Phi) is 7.45. The number of hydrogen-bond donors (Lipinski definition) is 0. The molecule has 34 heavy (non-hydrogen) atoms. The van der Waals surface area contributed by atoms with Gasteiger partial charge in [0.15, 0.2) is 0 Å². The number of rotatable bonds is 7. The molecule has 1 aliphatic rings. The minimum atomic E-state index is -4.14. The molecular weight excluding hydrogens is 518 g/mol. The molecule has 0 bridgehead atoms. The van der Waals surface area contributed by atoms with E-state index in [1.54, 1.807) is 28.4 Å². The maximum absolute atomic E-state index is 13.6. The normalized spacial score (nSPS) is 15.9. The summed E-state index contributed by atoms with van der Waals surface area (Å²) in [6.45, 7) is 3.55. The molecule has 0 saturated carbocycles. The number of nitrogens with zero attached hydrogens (tertiary/aromatic N) is 2. The number of amides is 1. The Bertz CT molecular complexity index is 1330. The standard InChI is InChI=1S/C24H21Cl2FN2O3S2/c1-2-11-28(34(31,32)22-14-17(25)5-8-20(22)26)15-23(30)29-12-9-21-19(10-13-33-21)24(29)16-3-6-18(27)7-4-16/h2-8,10,13-14,24H,1,9,11-12,15H2. The SMILES string of the molecule is C=CCN(CC(=O)N1CCc2sccc2C1c1ccc(F)cc1)S(=O)(=O)c1cc(Cl)ccc1Cl. The monoisotopic (exact) mass is 538 g/mol. The molecule has 1 aromatic heterocycles. The average Bonchev–Trinajstić information content (AvgIpc) is 3.29. The van der Waals surface area contributed by atoms with Gasteiger partial charge in [-0.1, -0.05) is 41.4 Å². The molecule has 0 radical (unpaired) electrons. The Labute approximate surface area is 212 Å². The molecule has 4 rings (SSSR count). The summed E-state index contributed by atoms with van der Waals surface area (Å²) in [6, 6.07) is 11.7. The van der Waals surface area contributed by atoms with Gasteiger partial charge in [-0.15, -0.1) is 17.9 Å². The molecule has 178 valence electrons. The summed E-state index contributed by atoms with van der Waals surface area (Å²) in [5.74, 6) is -0.751. The van der Waals surface area contributed by atoms with Crippen molar-refractivity contribution in [2.75, 3.05) is 19.6 Å². The van der Waals surface area contributed by atoms with Crippen molar-refractivity contribution in [2.45, 2.75) is 17.4 Å². The second kappa shape index (κ2) is 10.2. The van der Waals surface area contributed by atoms with Gasteiger partial charge in [0.2, 0.25) is 15.9 Å². The fourth-order valence-electron chi connectivity index (χ4n) is 4.04. The van der Waals surface area contributed by atoms with Crippen LogP contribution in [0.3, 0.4) is 0 Å². The molecule has 5 nitrogen and oxygen atoms in total. The minimum Gasteiger partial charge on any atom is -0.330 e. The average molecular weight is 539 g/mol. The topological polar surface area (TPSA) is 57.7 Å². The quantitative estimate of drug-likeness (QED) is 0.371. The van der Waals surface area contributed by atoms with Crippen LogP contribution in [0.25, 0.3) is 0 Å². The van der Waals surface area contributed by atoms with E-state index in [1.807, 2.05) is 11.4 Å². The third-order valence-electron chi connectivity index (χ3n) is 5.63. The Balaban J connectivity index is 1.68. The number of sulfonamides is 1. The van der Waals surface area contributed by atoms with Crippen LogP contribution in [0.15, 0.2) is 71.5 Å². The second-order valence-corrected chi connectivity index (χ2v) is 11.5. The van der Waals surface area contributed by atoms with Crippen LogP contribution < -0.4 is 0 Å². The fraction of sp³-hybridized carbons (Fsp3) is 0.208. The maximum atomic E-state index is 13.6. The third kappa shape index (κ3) is 4.92. The van der Waals surface area contributed by atoms with Crippen molar-refractivity contribution in [3.63, 3.8) is 0 Å². The molecule has 0 fully saturated rings. The first-order valence-corrected chi connectivity index (χ1v) is 13.5. The van der Waals surface area contributed by atoms with E-state index in [-0.39, 0.29) is 33.2 Å². The lowest BCUT2D eigenvalue weighted by molar-refractivity contribution is -0.133. The lowest BCUT2D eigenvalue weighted by atomic mass is 9.93. The molecule has 1 unspecified atom stereocenters. The van der Waals surface area contributed by atoms with Gasteiger partial charge < -0.3 is 4.90 Å². The summed E-state index contributed by atoms with van der Waals surface area (Å²) in [4.78, 5) is 16.2. The highest BCUT2D eigenvalue weighted by Gasteiger charge is 2.36. The molecular formula is C24H21Cl2FN2O3S2. The van der Waals surface area contributed by atoms with Crippen LogP contribution in [-0.4, -0.2) is 43.2 Å². The zero-order valence-electron chi connectivity index (χ0n) is 18.0. The van der Waals surface area contributed by atoms with E-state index in [0.717, 1.165) is 20.3 Å². The van der Waals surface area contributed by atoms with Crippen molar-refractivity contribution in [2.24, 2.45) is 0 Å². The van der Waals surface area contributed by atoms with E-state index in [1.165, 1.54) is 36.4 Å². The number of carbonyl (C=O) groups excluding carboxylic acids is 1. The van der Waals surface area contributed by atoms with Gasteiger partial charge >= 0.3 is 0 Å². The summed E-state index contributed by atoms with van der Waals surface area (Å²) < 4.78 is 41.4. The minimum absolute atomic E-state index is 0.0102. The highest BCUT2D eigenvalue weighted by Crippen LogP contribution is 2.38. The van der Waals surface area contributed by atoms with Crippen molar-refractivity contribution < 1.29 is 17.6 Å². The van der Waals surface area contributed by atoms with Gasteiger partial charge in [-0.3, -0.25) is 4.79 Å². The molecule has 0 aliphatic carbocycles. The van der Waals surface area contributed by atoms with E-state index in [4.69, 9.17) is 23.2 Å². The first kappa shape index (κ1) is 24.9. The van der Waals surface area contributed by atoms with Crippen LogP contribution in [0.2, 0.25) is 10.0 Å². The van der Waals surface area contributed by atoms with Crippen molar-refractivity contribution in [3.8, 4) is 0 Å². The summed E-state index contributed by atoms with van der Waals surface area (Å²) >= 11 is 13.8. The summed E-state index contributed by atoms with van der Waals surface area (Å²) in [6.07, 6.45) is 2.07. The molecule has 2 aromatic carbocycles. The van der Waals surface area contributed by atoms with Crippen LogP contribution in [0.4, 0.5) is 4.39 Å². The number of benzene rings is 2. The zero-order chi connectivity index (χ0) is 24.5. The van der Waals surface area contributed by atoms with E-state index < -0.39 is 22.6 Å². The van der Waals surface area contributed by atoms with Gasteiger partial charge in [0, 0.05) is 23.0 Å². The Morgan fingerprint density at radius 1 is 1.21 bits per heavy atom. The largest absolute Gasteiger partial charge is 0.330 e. The van der Waals surface area contributed by atoms with E-state index in [9.17, 15) is 17.6 Å². The van der Waals surface area contributed by atoms with E-state index >= 15 is 0 Å². The van der Waals surface area contributed by atoms with Crippen molar-refractivity contribution in [1.29, 1.82) is 0 Å². The van der Waals surface area contributed by atoms with Gasteiger partial charge in [0.25, 0.3) is 0 Å². The van der Waals surface area contributed by atoms with Crippen LogP contribution in [-0.2, 0) is 21.2 Å². The maximum Gasteiger partial charge on any atom is 0.245 e. The van der Waals surface area contributed by atoms with Gasteiger partial charge in [-0.05, 0) is 59.3 Å². The predicted molar refractivity (Wildman–Crippen MR) is 133 cm³/mol. The Morgan fingerprint density at radius 2 is 1.94 bits per heavy atom. The van der Waals surface area contributed by atoms with Crippen molar-refractivity contribution in [3.05, 3.63) is 98.4 Å². The van der Waals surface area contributed by atoms with Crippen LogP contribution in [0.1, 0.15) is 22.0 Å². The van der Waals surface area contributed by atoms with Crippen molar-refractivity contribution in [1.82, 2.24) is 9.21 Å². The van der Waals surface area contributed by atoms with Crippen LogP contribution in [0.5, 0.6) is 0 Å². The molecule has 0 saturated heterocycles. The molecule has 1 atom stereocenters.